The second-order valence-corrected chi connectivity index (χ2v) is 3.67. The van der Waals surface area contributed by atoms with Crippen LogP contribution in [0.4, 0.5) is 0 Å². The van der Waals surface area contributed by atoms with Crippen molar-refractivity contribution >= 4 is 0 Å². The molecule has 0 fully saturated rings. The van der Waals surface area contributed by atoms with E-state index in [1.165, 1.54) is 6.42 Å². The fourth-order valence-corrected chi connectivity index (χ4v) is 1.61. The van der Waals surface area contributed by atoms with Gasteiger partial charge in [0.25, 0.3) is 0 Å². The Bertz CT molecular complexity index is 89.0. The summed E-state index contributed by atoms with van der Waals surface area (Å²) in [4.78, 5) is 0. The van der Waals surface area contributed by atoms with Gasteiger partial charge < -0.3 is 5.11 Å². The lowest BCUT2D eigenvalue weighted by Crippen LogP contribution is -2.24. The second kappa shape index (κ2) is 7.60. The van der Waals surface area contributed by atoms with Crippen LogP contribution in [0.15, 0.2) is 0 Å². The van der Waals surface area contributed by atoms with E-state index in [2.05, 4.69) is 27.7 Å². The molecule has 0 rings (SSSR count). The molecule has 0 saturated carbocycles. The Morgan fingerprint density at radius 3 is 1.92 bits per heavy atom. The molecule has 0 radical (unpaired) electrons. The van der Waals surface area contributed by atoms with Gasteiger partial charge in [0.05, 0.1) is 6.10 Å². The monoisotopic (exact) mass is 174 g/mol. The third kappa shape index (κ3) is 4.76. The lowest BCUT2D eigenvalue weighted by atomic mass is 9.85. The summed E-state index contributed by atoms with van der Waals surface area (Å²) in [5, 5.41) is 9.62. The van der Waals surface area contributed by atoms with Crippen molar-refractivity contribution in [3.05, 3.63) is 0 Å². The van der Waals surface area contributed by atoms with Crippen LogP contribution in [-0.4, -0.2) is 11.2 Å². The minimum absolute atomic E-state index is 0. The molecule has 1 nitrogen and oxygen atoms in total. The lowest BCUT2D eigenvalue weighted by Gasteiger charge is -2.24. The first kappa shape index (κ1) is 14.5. The molecule has 0 bridgehead atoms. The Morgan fingerprint density at radius 2 is 1.67 bits per heavy atom. The van der Waals surface area contributed by atoms with Crippen LogP contribution >= 0.6 is 0 Å². The fraction of sp³-hybridized carbons (Fsp3) is 1.00. The molecule has 12 heavy (non-hydrogen) atoms. The van der Waals surface area contributed by atoms with Crippen molar-refractivity contribution < 1.29 is 5.11 Å². The van der Waals surface area contributed by atoms with E-state index in [1.807, 2.05) is 0 Å². The molecule has 0 heterocycles. The van der Waals surface area contributed by atoms with Crippen molar-refractivity contribution in [3.63, 3.8) is 0 Å². The van der Waals surface area contributed by atoms with Crippen LogP contribution in [-0.2, 0) is 0 Å². The van der Waals surface area contributed by atoms with Gasteiger partial charge in [0.15, 0.2) is 0 Å². The molecule has 0 aromatic rings. The number of hydrogen-bond donors (Lipinski definition) is 1. The van der Waals surface area contributed by atoms with Crippen LogP contribution < -0.4 is 0 Å². The van der Waals surface area contributed by atoms with Gasteiger partial charge in [0.1, 0.15) is 0 Å². The number of hydrogen-bond acceptors (Lipinski definition) is 1. The SMILES string of the molecule is C.CCC[C@@H](C(C)C)[C@H](O)CC. The van der Waals surface area contributed by atoms with Gasteiger partial charge in [0.2, 0.25) is 0 Å². The van der Waals surface area contributed by atoms with Crippen molar-refractivity contribution in [3.8, 4) is 0 Å². The first-order valence-electron chi connectivity index (χ1n) is 4.81. The minimum atomic E-state index is -0.0880. The van der Waals surface area contributed by atoms with Crippen molar-refractivity contribution in [1.29, 1.82) is 0 Å². The van der Waals surface area contributed by atoms with Crippen LogP contribution in [0.5, 0.6) is 0 Å². The summed E-state index contributed by atoms with van der Waals surface area (Å²) in [5.74, 6) is 1.12. The third-order valence-electron chi connectivity index (χ3n) is 2.39. The van der Waals surface area contributed by atoms with Gasteiger partial charge in [0, 0.05) is 0 Å². The van der Waals surface area contributed by atoms with Gasteiger partial charge >= 0.3 is 0 Å². The van der Waals surface area contributed by atoms with E-state index in [9.17, 15) is 5.11 Å². The largest absolute Gasteiger partial charge is 0.393 e. The molecule has 0 amide bonds. The van der Waals surface area contributed by atoms with Gasteiger partial charge in [-0.1, -0.05) is 41.5 Å². The first-order valence-corrected chi connectivity index (χ1v) is 4.81. The van der Waals surface area contributed by atoms with Crippen LogP contribution in [0.25, 0.3) is 0 Å². The maximum absolute atomic E-state index is 9.62. The molecule has 0 aliphatic rings. The van der Waals surface area contributed by atoms with E-state index in [0.29, 0.717) is 11.8 Å². The highest BCUT2D eigenvalue weighted by Crippen LogP contribution is 2.22. The van der Waals surface area contributed by atoms with Gasteiger partial charge in [-0.15, -0.1) is 0 Å². The molecule has 0 aromatic heterocycles. The zero-order chi connectivity index (χ0) is 8.85. The van der Waals surface area contributed by atoms with Gasteiger partial charge in [-0.2, -0.15) is 0 Å². The molecule has 76 valence electrons. The van der Waals surface area contributed by atoms with Crippen molar-refractivity contribution in [2.24, 2.45) is 11.8 Å². The van der Waals surface area contributed by atoms with E-state index in [0.717, 1.165) is 12.8 Å². The quantitative estimate of drug-likeness (QED) is 0.676. The Balaban J connectivity index is 0. The van der Waals surface area contributed by atoms with Crippen molar-refractivity contribution in [2.75, 3.05) is 0 Å². The first-order chi connectivity index (χ1) is 5.13. The Morgan fingerprint density at radius 1 is 1.17 bits per heavy atom. The van der Waals surface area contributed by atoms with E-state index < -0.39 is 0 Å². The summed E-state index contributed by atoms with van der Waals surface area (Å²) in [6.07, 6.45) is 3.14. The Hall–Kier alpha value is -0.0400. The van der Waals surface area contributed by atoms with E-state index in [-0.39, 0.29) is 13.5 Å². The predicted molar refractivity (Wildman–Crippen MR) is 56.3 cm³/mol. The van der Waals surface area contributed by atoms with E-state index >= 15 is 0 Å². The highest BCUT2D eigenvalue weighted by Gasteiger charge is 2.19. The molecule has 0 aliphatic heterocycles. The average molecular weight is 174 g/mol. The maximum atomic E-state index is 9.62. The Kier molecular flexibility index (Phi) is 9.17. The standard InChI is InChI=1S/C10H22O.CH4/c1-5-7-9(8(3)4)10(11)6-2;/h8-11H,5-7H2,1-4H3;1H4/t9-,10+;/m0./s1. The molecule has 1 N–H and O–H groups in total. The molecule has 0 spiro atoms. The summed E-state index contributed by atoms with van der Waals surface area (Å²) >= 11 is 0. The smallest absolute Gasteiger partial charge is 0.0568 e. The molecule has 0 saturated heterocycles. The van der Waals surface area contributed by atoms with E-state index in [1.54, 1.807) is 0 Å². The van der Waals surface area contributed by atoms with Crippen LogP contribution in [0, 0.1) is 11.8 Å². The third-order valence-corrected chi connectivity index (χ3v) is 2.39. The Labute approximate surface area is 78.2 Å². The van der Waals surface area contributed by atoms with Gasteiger partial charge in [-0.3, -0.25) is 0 Å². The molecule has 0 aliphatic carbocycles. The summed E-state index contributed by atoms with van der Waals surface area (Å²) in [5.41, 5.74) is 0. The van der Waals surface area contributed by atoms with Crippen LogP contribution in [0.2, 0.25) is 0 Å². The van der Waals surface area contributed by atoms with Gasteiger partial charge in [-0.05, 0) is 24.7 Å². The summed E-state index contributed by atoms with van der Waals surface area (Å²) in [6, 6.07) is 0. The van der Waals surface area contributed by atoms with Gasteiger partial charge in [-0.25, -0.2) is 0 Å². The molecule has 0 aromatic carbocycles. The topological polar surface area (TPSA) is 20.2 Å². The molecular weight excluding hydrogens is 148 g/mol. The normalized spacial score (nSPS) is 15.5. The number of aliphatic hydroxyl groups is 1. The molecular formula is C11H26O. The second-order valence-electron chi connectivity index (χ2n) is 3.67. The molecule has 2 atom stereocenters. The highest BCUT2D eigenvalue weighted by atomic mass is 16.3. The van der Waals surface area contributed by atoms with Crippen molar-refractivity contribution in [1.82, 2.24) is 0 Å². The summed E-state index contributed by atoms with van der Waals surface area (Å²) in [7, 11) is 0. The zero-order valence-corrected chi connectivity index (χ0v) is 8.30. The predicted octanol–water partition coefficient (Wildman–Crippen LogP) is 3.47. The number of aliphatic hydroxyl groups excluding tert-OH is 1. The summed E-state index contributed by atoms with van der Waals surface area (Å²) < 4.78 is 0. The highest BCUT2D eigenvalue weighted by molar-refractivity contribution is 4.70. The lowest BCUT2D eigenvalue weighted by molar-refractivity contribution is 0.0722. The van der Waals surface area contributed by atoms with E-state index in [4.69, 9.17) is 0 Å². The van der Waals surface area contributed by atoms with Crippen molar-refractivity contribution in [2.45, 2.75) is 60.5 Å². The number of rotatable bonds is 5. The zero-order valence-electron chi connectivity index (χ0n) is 8.30. The summed E-state index contributed by atoms with van der Waals surface area (Å²) in [6.45, 7) is 8.62. The van der Waals surface area contributed by atoms with Crippen LogP contribution in [0.1, 0.15) is 54.4 Å². The van der Waals surface area contributed by atoms with Crippen LogP contribution in [0.3, 0.4) is 0 Å². The molecule has 1 heteroatoms. The average Bonchev–Trinajstić information content (AvgIpc) is 1.98. The fourth-order valence-electron chi connectivity index (χ4n) is 1.61. The maximum Gasteiger partial charge on any atom is 0.0568 e. The molecule has 0 unspecified atom stereocenters. The minimum Gasteiger partial charge on any atom is -0.393 e.